The third-order valence-corrected chi connectivity index (χ3v) is 2.48. The van der Waals surface area contributed by atoms with Gasteiger partial charge in [-0.05, 0) is 31.2 Å². The maximum absolute atomic E-state index is 9.66. The van der Waals surface area contributed by atoms with E-state index in [-0.39, 0.29) is 19.3 Å². The summed E-state index contributed by atoms with van der Waals surface area (Å²) in [5.74, 6) is 1.45. The predicted octanol–water partition coefficient (Wildman–Crippen LogP) is 0.405. The van der Waals surface area contributed by atoms with Crippen molar-refractivity contribution < 1.29 is 19.7 Å². The molecule has 5 heteroatoms. The summed E-state index contributed by atoms with van der Waals surface area (Å²) in [6, 6.07) is 7.15. The molecule has 0 aromatic heterocycles. The maximum atomic E-state index is 9.66. The molecule has 0 heterocycles. The summed E-state index contributed by atoms with van der Waals surface area (Å²) in [5.41, 5.74) is 0. The topological polar surface area (TPSA) is 71.0 Å². The van der Waals surface area contributed by atoms with E-state index in [1.165, 1.54) is 0 Å². The quantitative estimate of drug-likeness (QED) is 0.627. The maximum Gasteiger partial charge on any atom is 0.119 e. The Balaban J connectivity index is 2.26. The molecule has 102 valence electrons. The van der Waals surface area contributed by atoms with Crippen molar-refractivity contribution in [2.24, 2.45) is 0 Å². The lowest BCUT2D eigenvalue weighted by Crippen LogP contribution is -2.38. The molecule has 1 aromatic carbocycles. The van der Waals surface area contributed by atoms with E-state index in [9.17, 15) is 5.11 Å². The highest BCUT2D eigenvalue weighted by atomic mass is 16.5. The highest BCUT2D eigenvalue weighted by molar-refractivity contribution is 5.31. The van der Waals surface area contributed by atoms with Crippen molar-refractivity contribution in [2.75, 3.05) is 26.9 Å². The molecule has 0 aliphatic carbocycles. The van der Waals surface area contributed by atoms with Crippen LogP contribution in [0.3, 0.4) is 0 Å². The first-order valence-electron chi connectivity index (χ1n) is 5.95. The van der Waals surface area contributed by atoms with Gasteiger partial charge in [0.25, 0.3) is 0 Å². The summed E-state index contributed by atoms with van der Waals surface area (Å²) in [6.07, 6.45) is -0.610. The molecule has 0 aliphatic rings. The van der Waals surface area contributed by atoms with Crippen LogP contribution in [0.25, 0.3) is 0 Å². The molecule has 1 aromatic rings. The van der Waals surface area contributed by atoms with Crippen LogP contribution in [0.1, 0.15) is 6.92 Å². The second-order valence-electron chi connectivity index (χ2n) is 4.13. The minimum absolute atomic E-state index is 0.0272. The van der Waals surface area contributed by atoms with Crippen molar-refractivity contribution in [1.29, 1.82) is 0 Å². The summed E-state index contributed by atoms with van der Waals surface area (Å²) < 4.78 is 10.5. The van der Waals surface area contributed by atoms with Crippen molar-refractivity contribution >= 4 is 0 Å². The fraction of sp³-hybridized carbons (Fsp3) is 0.538. The molecule has 2 unspecified atom stereocenters. The van der Waals surface area contributed by atoms with Crippen LogP contribution in [0, 0.1) is 0 Å². The molecule has 0 saturated heterocycles. The van der Waals surface area contributed by atoms with Gasteiger partial charge in [-0.25, -0.2) is 0 Å². The van der Waals surface area contributed by atoms with Gasteiger partial charge in [-0.15, -0.1) is 0 Å². The number of nitrogens with one attached hydrogen (secondary N) is 1. The number of ether oxygens (including phenoxy) is 2. The third kappa shape index (κ3) is 5.35. The molecule has 3 N–H and O–H groups in total. The zero-order valence-electron chi connectivity index (χ0n) is 10.8. The summed E-state index contributed by atoms with van der Waals surface area (Å²) in [5, 5.41) is 21.5. The second-order valence-corrected chi connectivity index (χ2v) is 4.13. The molecule has 0 spiro atoms. The van der Waals surface area contributed by atoms with Crippen LogP contribution in [0.2, 0.25) is 0 Å². The van der Waals surface area contributed by atoms with Crippen molar-refractivity contribution in [1.82, 2.24) is 5.32 Å². The van der Waals surface area contributed by atoms with Crippen LogP contribution in [0.5, 0.6) is 11.5 Å². The van der Waals surface area contributed by atoms with Crippen LogP contribution in [-0.2, 0) is 0 Å². The van der Waals surface area contributed by atoms with Crippen LogP contribution in [-0.4, -0.2) is 49.2 Å². The number of aliphatic hydroxyl groups excluding tert-OH is 2. The summed E-state index contributed by atoms with van der Waals surface area (Å²) in [4.78, 5) is 0. The molecular weight excluding hydrogens is 234 g/mol. The smallest absolute Gasteiger partial charge is 0.119 e. The van der Waals surface area contributed by atoms with Crippen LogP contribution >= 0.6 is 0 Å². The van der Waals surface area contributed by atoms with E-state index in [0.717, 1.165) is 5.75 Å². The van der Waals surface area contributed by atoms with Gasteiger partial charge in [-0.1, -0.05) is 0 Å². The average Bonchev–Trinajstić information content (AvgIpc) is 2.42. The SMILES string of the molecule is COc1ccc(OCC(O)CNC(C)CO)cc1. The fourth-order valence-electron chi connectivity index (χ4n) is 1.33. The first-order valence-corrected chi connectivity index (χ1v) is 5.95. The molecule has 5 nitrogen and oxygen atoms in total. The van der Waals surface area contributed by atoms with Crippen molar-refractivity contribution in [2.45, 2.75) is 19.1 Å². The van der Waals surface area contributed by atoms with Gasteiger partial charge in [-0.2, -0.15) is 0 Å². The van der Waals surface area contributed by atoms with Gasteiger partial charge in [-0.3, -0.25) is 0 Å². The van der Waals surface area contributed by atoms with Gasteiger partial charge >= 0.3 is 0 Å². The minimum atomic E-state index is -0.610. The fourth-order valence-corrected chi connectivity index (χ4v) is 1.33. The van der Waals surface area contributed by atoms with Gasteiger partial charge < -0.3 is 25.0 Å². The number of aliphatic hydroxyl groups is 2. The van der Waals surface area contributed by atoms with Gasteiger partial charge in [0.1, 0.15) is 24.2 Å². The molecule has 18 heavy (non-hydrogen) atoms. The van der Waals surface area contributed by atoms with Gasteiger partial charge in [0.15, 0.2) is 0 Å². The summed E-state index contributed by atoms with van der Waals surface area (Å²) in [6.45, 7) is 2.48. The van der Waals surface area contributed by atoms with Crippen LogP contribution in [0.15, 0.2) is 24.3 Å². The Morgan fingerprint density at radius 3 is 2.39 bits per heavy atom. The highest BCUT2D eigenvalue weighted by Gasteiger charge is 2.07. The standard InChI is InChI=1S/C13H21NO4/c1-10(8-15)14-7-11(16)9-18-13-5-3-12(17-2)4-6-13/h3-6,10-11,14-16H,7-9H2,1-2H3. The second kappa shape index (κ2) is 7.92. The third-order valence-electron chi connectivity index (χ3n) is 2.48. The van der Waals surface area contributed by atoms with E-state index in [4.69, 9.17) is 14.6 Å². The number of methoxy groups -OCH3 is 1. The highest BCUT2D eigenvalue weighted by Crippen LogP contribution is 2.16. The Morgan fingerprint density at radius 2 is 1.83 bits per heavy atom. The Hall–Kier alpha value is -1.30. The van der Waals surface area contributed by atoms with E-state index < -0.39 is 6.10 Å². The van der Waals surface area contributed by atoms with E-state index in [1.807, 2.05) is 6.92 Å². The van der Waals surface area contributed by atoms with Crippen molar-refractivity contribution in [3.8, 4) is 11.5 Å². The zero-order valence-corrected chi connectivity index (χ0v) is 10.8. The zero-order chi connectivity index (χ0) is 13.4. The molecule has 0 fully saturated rings. The lowest BCUT2D eigenvalue weighted by molar-refractivity contribution is 0.101. The Morgan fingerprint density at radius 1 is 1.22 bits per heavy atom. The van der Waals surface area contributed by atoms with Crippen molar-refractivity contribution in [3.63, 3.8) is 0 Å². The monoisotopic (exact) mass is 255 g/mol. The molecular formula is C13H21NO4. The van der Waals surface area contributed by atoms with Crippen LogP contribution in [0.4, 0.5) is 0 Å². The van der Waals surface area contributed by atoms with Crippen LogP contribution < -0.4 is 14.8 Å². The Labute approximate surface area is 107 Å². The van der Waals surface area contributed by atoms with E-state index in [2.05, 4.69) is 5.32 Å². The number of rotatable bonds is 8. The van der Waals surface area contributed by atoms with Gasteiger partial charge in [0.05, 0.1) is 13.7 Å². The largest absolute Gasteiger partial charge is 0.497 e. The lowest BCUT2D eigenvalue weighted by atomic mass is 10.3. The number of hydrogen-bond donors (Lipinski definition) is 3. The molecule has 2 atom stereocenters. The normalized spacial score (nSPS) is 14.0. The van der Waals surface area contributed by atoms with E-state index in [1.54, 1.807) is 31.4 Å². The Bertz CT molecular complexity index is 328. The first-order chi connectivity index (χ1) is 8.65. The van der Waals surface area contributed by atoms with E-state index >= 15 is 0 Å². The molecule has 0 saturated carbocycles. The molecule has 0 bridgehead atoms. The summed E-state index contributed by atoms with van der Waals surface area (Å²) >= 11 is 0. The number of benzene rings is 1. The van der Waals surface area contributed by atoms with Gasteiger partial charge in [0.2, 0.25) is 0 Å². The minimum Gasteiger partial charge on any atom is -0.497 e. The first kappa shape index (κ1) is 14.8. The molecule has 0 amide bonds. The average molecular weight is 255 g/mol. The molecule has 0 aliphatic heterocycles. The van der Waals surface area contributed by atoms with E-state index in [0.29, 0.717) is 12.3 Å². The summed E-state index contributed by atoms with van der Waals surface area (Å²) in [7, 11) is 1.60. The van der Waals surface area contributed by atoms with Crippen molar-refractivity contribution in [3.05, 3.63) is 24.3 Å². The predicted molar refractivity (Wildman–Crippen MR) is 69.0 cm³/mol. The van der Waals surface area contributed by atoms with Gasteiger partial charge in [0, 0.05) is 12.6 Å². The number of hydrogen-bond acceptors (Lipinski definition) is 5. The molecule has 0 radical (unpaired) electrons. The lowest BCUT2D eigenvalue weighted by Gasteiger charge is -2.16. The molecule has 1 rings (SSSR count). The Kier molecular flexibility index (Phi) is 6.49.